The minimum absolute atomic E-state index is 0.0716. The molecule has 0 atom stereocenters. The van der Waals surface area contributed by atoms with E-state index in [2.05, 4.69) is 5.32 Å². The van der Waals surface area contributed by atoms with E-state index in [0.717, 1.165) is 5.56 Å². The number of benzene rings is 2. The monoisotopic (exact) mass is 291 g/mol. The summed E-state index contributed by atoms with van der Waals surface area (Å²) < 4.78 is 4.93. The molecule has 0 aliphatic rings. The van der Waals surface area contributed by atoms with Gasteiger partial charge in [-0.1, -0.05) is 12.1 Å². The maximum absolute atomic E-state index is 12.0. The first-order chi connectivity index (χ1) is 9.63. The van der Waals surface area contributed by atoms with Gasteiger partial charge in [0.15, 0.2) is 11.5 Å². The van der Waals surface area contributed by atoms with Gasteiger partial charge in [-0.15, -0.1) is 11.6 Å². The minimum Gasteiger partial charge on any atom is -0.504 e. The third kappa shape index (κ3) is 3.22. The molecule has 0 radical (unpaired) electrons. The third-order valence-electron chi connectivity index (χ3n) is 2.81. The van der Waals surface area contributed by atoms with Gasteiger partial charge < -0.3 is 15.2 Å². The number of carbonyl (C=O) groups is 1. The van der Waals surface area contributed by atoms with Crippen LogP contribution in [0.1, 0.15) is 15.9 Å². The fourth-order valence-electron chi connectivity index (χ4n) is 1.71. The first kappa shape index (κ1) is 14.2. The number of methoxy groups -OCH3 is 1. The van der Waals surface area contributed by atoms with Crippen LogP contribution in [0.25, 0.3) is 0 Å². The summed E-state index contributed by atoms with van der Waals surface area (Å²) in [6.07, 6.45) is 0. The number of nitrogens with one attached hydrogen (secondary N) is 1. The largest absolute Gasteiger partial charge is 0.504 e. The number of hydrogen-bond acceptors (Lipinski definition) is 3. The average molecular weight is 292 g/mol. The topological polar surface area (TPSA) is 58.6 Å². The molecule has 1 amide bonds. The predicted molar refractivity (Wildman–Crippen MR) is 78.6 cm³/mol. The molecule has 20 heavy (non-hydrogen) atoms. The molecule has 2 rings (SSSR count). The lowest BCUT2D eigenvalue weighted by molar-refractivity contribution is 0.102. The van der Waals surface area contributed by atoms with Crippen molar-refractivity contribution in [2.45, 2.75) is 5.88 Å². The number of anilines is 1. The molecule has 0 aromatic heterocycles. The molecule has 104 valence electrons. The van der Waals surface area contributed by atoms with Crippen molar-refractivity contribution in [3.8, 4) is 11.5 Å². The van der Waals surface area contributed by atoms with E-state index in [1.54, 1.807) is 24.3 Å². The lowest BCUT2D eigenvalue weighted by Crippen LogP contribution is -2.11. The van der Waals surface area contributed by atoms with Gasteiger partial charge in [-0.05, 0) is 35.9 Å². The molecule has 0 unspecified atom stereocenters. The van der Waals surface area contributed by atoms with Crippen LogP contribution < -0.4 is 10.1 Å². The van der Waals surface area contributed by atoms with E-state index in [9.17, 15) is 9.90 Å². The number of hydrogen-bond donors (Lipinski definition) is 2. The number of halogens is 1. The first-order valence-corrected chi connectivity index (χ1v) is 6.50. The zero-order chi connectivity index (χ0) is 14.5. The van der Waals surface area contributed by atoms with Crippen molar-refractivity contribution in [2.24, 2.45) is 0 Å². The Morgan fingerprint density at radius 3 is 2.50 bits per heavy atom. The van der Waals surface area contributed by atoms with Crippen LogP contribution in [-0.2, 0) is 5.88 Å². The predicted octanol–water partition coefficient (Wildman–Crippen LogP) is 3.39. The van der Waals surface area contributed by atoms with Crippen molar-refractivity contribution in [1.82, 2.24) is 0 Å². The lowest BCUT2D eigenvalue weighted by Gasteiger charge is -2.08. The van der Waals surface area contributed by atoms with Crippen LogP contribution in [0.5, 0.6) is 11.5 Å². The fraction of sp³-hybridized carbons (Fsp3) is 0.133. The highest BCUT2D eigenvalue weighted by atomic mass is 35.5. The van der Waals surface area contributed by atoms with E-state index in [1.807, 2.05) is 12.1 Å². The van der Waals surface area contributed by atoms with E-state index in [1.165, 1.54) is 13.2 Å². The zero-order valence-corrected chi connectivity index (χ0v) is 11.6. The van der Waals surface area contributed by atoms with Crippen molar-refractivity contribution < 1.29 is 14.6 Å². The normalized spacial score (nSPS) is 10.1. The van der Waals surface area contributed by atoms with E-state index in [-0.39, 0.29) is 11.7 Å². The van der Waals surface area contributed by atoms with Crippen LogP contribution in [0.15, 0.2) is 42.5 Å². The molecule has 2 aromatic carbocycles. The highest BCUT2D eigenvalue weighted by Gasteiger charge is 2.09. The molecule has 0 aliphatic carbocycles. The second kappa shape index (κ2) is 6.30. The average Bonchev–Trinajstić information content (AvgIpc) is 2.48. The Labute approximate surface area is 122 Å². The fourth-order valence-corrected chi connectivity index (χ4v) is 1.89. The minimum atomic E-state index is -0.304. The number of rotatable bonds is 4. The summed E-state index contributed by atoms with van der Waals surface area (Å²) in [6, 6.07) is 11.7. The molecule has 0 saturated heterocycles. The third-order valence-corrected chi connectivity index (χ3v) is 3.12. The molecule has 0 bridgehead atoms. The van der Waals surface area contributed by atoms with Crippen molar-refractivity contribution in [2.75, 3.05) is 12.4 Å². The summed E-state index contributed by atoms with van der Waals surface area (Å²) in [7, 11) is 1.45. The molecule has 0 heterocycles. The summed E-state index contributed by atoms with van der Waals surface area (Å²) in [5.41, 5.74) is 2.00. The van der Waals surface area contributed by atoms with E-state index >= 15 is 0 Å². The number of carbonyl (C=O) groups excluding carboxylic acids is 1. The van der Waals surface area contributed by atoms with Gasteiger partial charge in [0, 0.05) is 17.1 Å². The second-order valence-electron chi connectivity index (χ2n) is 4.17. The Bertz CT molecular complexity index is 611. The molecule has 4 nitrogen and oxygen atoms in total. The molecule has 0 saturated carbocycles. The van der Waals surface area contributed by atoms with Gasteiger partial charge in [-0.25, -0.2) is 0 Å². The molecular weight excluding hydrogens is 278 g/mol. The quantitative estimate of drug-likeness (QED) is 0.849. The number of ether oxygens (including phenoxy) is 1. The van der Waals surface area contributed by atoms with E-state index in [0.29, 0.717) is 22.9 Å². The van der Waals surface area contributed by atoms with Gasteiger partial charge in [0.05, 0.1) is 7.11 Å². The van der Waals surface area contributed by atoms with Gasteiger partial charge in [-0.3, -0.25) is 4.79 Å². The van der Waals surface area contributed by atoms with E-state index < -0.39 is 0 Å². The van der Waals surface area contributed by atoms with Crippen LogP contribution in [0.2, 0.25) is 0 Å². The number of phenolic OH excluding ortho intramolecular Hbond substituents is 1. The SMILES string of the molecule is COc1ccc(C(=O)Nc2ccc(CCl)cc2)cc1O. The van der Waals surface area contributed by atoms with Crippen molar-refractivity contribution in [3.05, 3.63) is 53.6 Å². The standard InChI is InChI=1S/C15H14ClNO3/c1-20-14-7-4-11(8-13(14)18)15(19)17-12-5-2-10(9-16)3-6-12/h2-8,18H,9H2,1H3,(H,17,19). The summed E-state index contributed by atoms with van der Waals surface area (Å²) in [5.74, 6) is 0.382. The maximum Gasteiger partial charge on any atom is 0.255 e. The van der Waals surface area contributed by atoms with Crippen LogP contribution >= 0.6 is 11.6 Å². The van der Waals surface area contributed by atoms with Gasteiger partial charge >= 0.3 is 0 Å². The second-order valence-corrected chi connectivity index (χ2v) is 4.44. The number of alkyl halides is 1. The Kier molecular flexibility index (Phi) is 4.48. The van der Waals surface area contributed by atoms with Gasteiger partial charge in [-0.2, -0.15) is 0 Å². The maximum atomic E-state index is 12.0. The van der Waals surface area contributed by atoms with Gasteiger partial charge in [0.25, 0.3) is 5.91 Å². The number of amides is 1. The van der Waals surface area contributed by atoms with Crippen molar-refractivity contribution in [3.63, 3.8) is 0 Å². The van der Waals surface area contributed by atoms with Gasteiger partial charge in [0.1, 0.15) is 0 Å². The number of aromatic hydroxyl groups is 1. The van der Waals surface area contributed by atoms with Crippen LogP contribution in [0, 0.1) is 0 Å². The molecule has 2 N–H and O–H groups in total. The van der Waals surface area contributed by atoms with Crippen LogP contribution in [0.4, 0.5) is 5.69 Å². The zero-order valence-electron chi connectivity index (χ0n) is 10.9. The molecule has 5 heteroatoms. The Balaban J connectivity index is 2.12. The Morgan fingerprint density at radius 1 is 1.25 bits per heavy atom. The van der Waals surface area contributed by atoms with Crippen molar-refractivity contribution >= 4 is 23.2 Å². The summed E-state index contributed by atoms with van der Waals surface area (Å²) in [6.45, 7) is 0. The van der Waals surface area contributed by atoms with Crippen LogP contribution in [0.3, 0.4) is 0 Å². The summed E-state index contributed by atoms with van der Waals surface area (Å²) >= 11 is 5.70. The molecule has 0 aliphatic heterocycles. The smallest absolute Gasteiger partial charge is 0.255 e. The van der Waals surface area contributed by atoms with E-state index in [4.69, 9.17) is 16.3 Å². The molecule has 0 fully saturated rings. The Hall–Kier alpha value is -2.20. The van der Waals surface area contributed by atoms with Gasteiger partial charge in [0.2, 0.25) is 0 Å². The highest BCUT2D eigenvalue weighted by Crippen LogP contribution is 2.26. The van der Waals surface area contributed by atoms with Crippen molar-refractivity contribution in [1.29, 1.82) is 0 Å². The van der Waals surface area contributed by atoms with Crippen LogP contribution in [-0.4, -0.2) is 18.1 Å². The summed E-state index contributed by atoms with van der Waals surface area (Å²) in [4.78, 5) is 12.0. The molecule has 0 spiro atoms. The summed E-state index contributed by atoms with van der Waals surface area (Å²) in [5, 5.41) is 12.4. The number of phenols is 1. The Morgan fingerprint density at radius 2 is 1.95 bits per heavy atom. The highest BCUT2D eigenvalue weighted by molar-refractivity contribution is 6.17. The molecule has 2 aromatic rings. The molecular formula is C15H14ClNO3. The lowest BCUT2D eigenvalue weighted by atomic mass is 10.1. The first-order valence-electron chi connectivity index (χ1n) is 5.97.